The van der Waals surface area contributed by atoms with Crippen molar-refractivity contribution in [2.45, 2.75) is 24.5 Å². The highest BCUT2D eigenvalue weighted by Gasteiger charge is 2.15. The Morgan fingerprint density at radius 1 is 1.33 bits per heavy atom. The van der Waals surface area contributed by atoms with Crippen LogP contribution in [0, 0.1) is 0 Å². The standard InChI is InChI=1S/C13H17NO3S/c15-11-5-4-9(7-12(11)16)13(17)14-8-10-3-1-2-6-18-10/h4-5,7,10,15-16H,1-3,6,8H2,(H,14,17). The number of aromatic hydroxyl groups is 2. The fourth-order valence-corrected chi connectivity index (χ4v) is 3.18. The van der Waals surface area contributed by atoms with Crippen LogP contribution in [-0.4, -0.2) is 33.7 Å². The molecule has 0 saturated carbocycles. The van der Waals surface area contributed by atoms with Crippen LogP contribution in [0.2, 0.25) is 0 Å². The summed E-state index contributed by atoms with van der Waals surface area (Å²) in [6.07, 6.45) is 3.64. The first-order chi connectivity index (χ1) is 8.66. The van der Waals surface area contributed by atoms with E-state index in [0.29, 0.717) is 17.4 Å². The van der Waals surface area contributed by atoms with Crippen LogP contribution >= 0.6 is 11.8 Å². The van der Waals surface area contributed by atoms with E-state index in [1.807, 2.05) is 11.8 Å². The van der Waals surface area contributed by atoms with E-state index >= 15 is 0 Å². The average molecular weight is 267 g/mol. The van der Waals surface area contributed by atoms with E-state index in [0.717, 1.165) is 6.42 Å². The molecule has 1 amide bonds. The fraction of sp³-hybridized carbons (Fsp3) is 0.462. The van der Waals surface area contributed by atoms with Crippen LogP contribution in [0.15, 0.2) is 18.2 Å². The van der Waals surface area contributed by atoms with Crippen LogP contribution in [0.5, 0.6) is 11.5 Å². The number of benzene rings is 1. The van der Waals surface area contributed by atoms with Crippen molar-refractivity contribution in [1.29, 1.82) is 0 Å². The van der Waals surface area contributed by atoms with Gasteiger partial charge in [-0.05, 0) is 36.8 Å². The molecule has 0 bridgehead atoms. The monoisotopic (exact) mass is 267 g/mol. The first-order valence-corrected chi connectivity index (χ1v) is 7.13. The Balaban J connectivity index is 1.88. The summed E-state index contributed by atoms with van der Waals surface area (Å²) in [5.74, 6) is 0.473. The molecule has 0 radical (unpaired) electrons. The van der Waals surface area contributed by atoms with Gasteiger partial charge in [0.2, 0.25) is 0 Å². The van der Waals surface area contributed by atoms with Gasteiger partial charge >= 0.3 is 0 Å². The number of carbonyl (C=O) groups is 1. The number of phenolic OH excluding ortho intramolecular Hbond substituents is 2. The zero-order valence-corrected chi connectivity index (χ0v) is 10.9. The van der Waals surface area contributed by atoms with E-state index in [9.17, 15) is 15.0 Å². The minimum absolute atomic E-state index is 0.212. The van der Waals surface area contributed by atoms with Crippen molar-refractivity contribution in [3.8, 4) is 11.5 Å². The van der Waals surface area contributed by atoms with E-state index in [4.69, 9.17) is 0 Å². The van der Waals surface area contributed by atoms with Crippen molar-refractivity contribution in [2.24, 2.45) is 0 Å². The smallest absolute Gasteiger partial charge is 0.251 e. The van der Waals surface area contributed by atoms with Crippen molar-refractivity contribution >= 4 is 17.7 Å². The second-order valence-corrected chi connectivity index (χ2v) is 5.81. The maximum Gasteiger partial charge on any atom is 0.251 e. The van der Waals surface area contributed by atoms with Crippen molar-refractivity contribution < 1.29 is 15.0 Å². The molecule has 1 saturated heterocycles. The van der Waals surface area contributed by atoms with Crippen LogP contribution in [-0.2, 0) is 0 Å². The largest absolute Gasteiger partial charge is 0.504 e. The van der Waals surface area contributed by atoms with Gasteiger partial charge in [0.25, 0.3) is 5.91 Å². The van der Waals surface area contributed by atoms with Gasteiger partial charge in [0.05, 0.1) is 0 Å². The van der Waals surface area contributed by atoms with Gasteiger partial charge in [-0.3, -0.25) is 4.79 Å². The molecule has 0 aliphatic carbocycles. The second-order valence-electron chi connectivity index (χ2n) is 4.40. The molecule has 4 nitrogen and oxygen atoms in total. The number of carbonyl (C=O) groups excluding carboxylic acids is 1. The third kappa shape index (κ3) is 3.32. The molecule has 1 aromatic rings. The molecule has 1 atom stereocenters. The topological polar surface area (TPSA) is 69.6 Å². The van der Waals surface area contributed by atoms with Gasteiger partial charge in [-0.25, -0.2) is 0 Å². The number of amides is 1. The number of thioether (sulfide) groups is 1. The molecular weight excluding hydrogens is 250 g/mol. The first kappa shape index (κ1) is 13.1. The number of rotatable bonds is 3. The molecule has 1 heterocycles. The van der Waals surface area contributed by atoms with Crippen LogP contribution < -0.4 is 5.32 Å². The van der Waals surface area contributed by atoms with E-state index in [1.54, 1.807) is 0 Å². The maximum atomic E-state index is 11.8. The highest BCUT2D eigenvalue weighted by atomic mass is 32.2. The molecule has 1 aliphatic rings. The quantitative estimate of drug-likeness (QED) is 0.734. The molecule has 1 fully saturated rings. The minimum atomic E-state index is -0.269. The van der Waals surface area contributed by atoms with Crippen LogP contribution in [0.3, 0.4) is 0 Å². The van der Waals surface area contributed by atoms with Crippen LogP contribution in [0.25, 0.3) is 0 Å². The Kier molecular flexibility index (Phi) is 4.36. The second kappa shape index (κ2) is 6.00. The molecule has 3 N–H and O–H groups in total. The summed E-state index contributed by atoms with van der Waals surface area (Å²) in [6.45, 7) is 0.658. The lowest BCUT2D eigenvalue weighted by Crippen LogP contribution is -2.31. The van der Waals surface area contributed by atoms with Crippen molar-refractivity contribution in [2.75, 3.05) is 12.3 Å². The third-order valence-corrected chi connectivity index (χ3v) is 4.40. The summed E-state index contributed by atoms with van der Waals surface area (Å²) >= 11 is 1.90. The Bertz CT molecular complexity index is 430. The van der Waals surface area contributed by atoms with Gasteiger partial charge in [-0.15, -0.1) is 0 Å². The van der Waals surface area contributed by atoms with Gasteiger partial charge in [-0.2, -0.15) is 11.8 Å². The number of phenols is 2. The molecule has 0 aromatic heterocycles. The van der Waals surface area contributed by atoms with Crippen molar-refractivity contribution in [3.63, 3.8) is 0 Å². The highest BCUT2D eigenvalue weighted by Crippen LogP contribution is 2.26. The van der Waals surface area contributed by atoms with Crippen molar-refractivity contribution in [3.05, 3.63) is 23.8 Å². The fourth-order valence-electron chi connectivity index (χ4n) is 1.94. The predicted molar refractivity (Wildman–Crippen MR) is 72.2 cm³/mol. The molecular formula is C13H17NO3S. The third-order valence-electron chi connectivity index (χ3n) is 3.00. The Morgan fingerprint density at radius 3 is 2.83 bits per heavy atom. The lowest BCUT2D eigenvalue weighted by atomic mass is 10.1. The van der Waals surface area contributed by atoms with E-state index in [2.05, 4.69) is 5.32 Å². The molecule has 2 rings (SSSR count). The number of hydrogen-bond donors (Lipinski definition) is 3. The zero-order valence-electron chi connectivity index (χ0n) is 10.1. The Morgan fingerprint density at radius 2 is 2.17 bits per heavy atom. The minimum Gasteiger partial charge on any atom is -0.504 e. The molecule has 1 aliphatic heterocycles. The predicted octanol–water partition coefficient (Wildman–Crippen LogP) is 2.11. The summed E-state index contributed by atoms with van der Waals surface area (Å²) in [5.41, 5.74) is 0.367. The van der Waals surface area contributed by atoms with Gasteiger partial charge in [0.1, 0.15) is 0 Å². The summed E-state index contributed by atoms with van der Waals surface area (Å²) in [4.78, 5) is 11.8. The average Bonchev–Trinajstić information content (AvgIpc) is 2.40. The van der Waals surface area contributed by atoms with Gasteiger partial charge < -0.3 is 15.5 Å². The van der Waals surface area contributed by atoms with Gasteiger partial charge in [0, 0.05) is 17.4 Å². The summed E-state index contributed by atoms with van der Waals surface area (Å²) < 4.78 is 0. The van der Waals surface area contributed by atoms with Gasteiger partial charge in [0.15, 0.2) is 11.5 Å². The van der Waals surface area contributed by atoms with E-state index in [1.165, 1.54) is 36.8 Å². The van der Waals surface area contributed by atoms with Crippen molar-refractivity contribution in [1.82, 2.24) is 5.32 Å². The zero-order chi connectivity index (χ0) is 13.0. The molecule has 18 heavy (non-hydrogen) atoms. The van der Waals surface area contributed by atoms with Crippen LogP contribution in [0.4, 0.5) is 0 Å². The van der Waals surface area contributed by atoms with E-state index in [-0.39, 0.29) is 17.4 Å². The molecule has 98 valence electrons. The summed E-state index contributed by atoms with van der Waals surface area (Å²) in [6, 6.07) is 4.09. The number of nitrogens with one attached hydrogen (secondary N) is 1. The lowest BCUT2D eigenvalue weighted by Gasteiger charge is -2.21. The molecule has 1 unspecified atom stereocenters. The summed E-state index contributed by atoms with van der Waals surface area (Å²) in [5, 5.41) is 21.9. The maximum absolute atomic E-state index is 11.8. The van der Waals surface area contributed by atoms with Gasteiger partial charge in [-0.1, -0.05) is 6.42 Å². The van der Waals surface area contributed by atoms with E-state index < -0.39 is 0 Å². The lowest BCUT2D eigenvalue weighted by molar-refractivity contribution is 0.0953. The molecule has 5 heteroatoms. The Hall–Kier alpha value is -1.36. The SMILES string of the molecule is O=C(NCC1CCCCS1)c1ccc(O)c(O)c1. The molecule has 0 spiro atoms. The highest BCUT2D eigenvalue weighted by molar-refractivity contribution is 7.99. The van der Waals surface area contributed by atoms with Crippen LogP contribution in [0.1, 0.15) is 29.6 Å². The Labute approximate surface area is 110 Å². The summed E-state index contributed by atoms with van der Waals surface area (Å²) in [7, 11) is 0. The first-order valence-electron chi connectivity index (χ1n) is 6.08. The normalized spacial score (nSPS) is 19.4. The number of hydrogen-bond acceptors (Lipinski definition) is 4. The molecule has 1 aromatic carbocycles.